The predicted molar refractivity (Wildman–Crippen MR) is 73.7 cm³/mol. The van der Waals surface area contributed by atoms with E-state index in [1.807, 2.05) is 13.8 Å². The number of rotatable bonds is 7. The monoisotopic (exact) mass is 293 g/mol. The lowest BCUT2D eigenvalue weighted by Gasteiger charge is -2.03. The molecule has 0 saturated carbocycles. The summed E-state index contributed by atoms with van der Waals surface area (Å²) in [5, 5.41) is 10.6. The summed E-state index contributed by atoms with van der Waals surface area (Å²) in [4.78, 5) is 16.1. The van der Waals surface area contributed by atoms with Crippen molar-refractivity contribution in [3.8, 4) is 0 Å². The largest absolute Gasteiger partial charge is 0.384 e. The Hall–Kier alpha value is -2.22. The Morgan fingerprint density at radius 2 is 2.33 bits per heavy atom. The van der Waals surface area contributed by atoms with E-state index in [1.165, 1.54) is 6.20 Å². The number of nitrogens with zero attached hydrogens (tertiary/aromatic N) is 4. The highest BCUT2D eigenvalue weighted by Crippen LogP contribution is 2.05. The molecule has 0 aliphatic rings. The Labute approximate surface area is 122 Å². The molecule has 0 aromatic carbocycles. The lowest BCUT2D eigenvalue weighted by Crippen LogP contribution is -2.22. The van der Waals surface area contributed by atoms with Crippen LogP contribution in [0.15, 0.2) is 16.9 Å². The van der Waals surface area contributed by atoms with Gasteiger partial charge in [0.25, 0.3) is 5.91 Å². The number of carbonyl (C=O) groups is 1. The molecular weight excluding hydrogens is 274 g/mol. The van der Waals surface area contributed by atoms with Crippen molar-refractivity contribution in [3.05, 3.63) is 29.7 Å². The van der Waals surface area contributed by atoms with Gasteiger partial charge in [0, 0.05) is 25.8 Å². The van der Waals surface area contributed by atoms with Crippen LogP contribution in [0.5, 0.6) is 0 Å². The van der Waals surface area contributed by atoms with Gasteiger partial charge in [-0.1, -0.05) is 5.16 Å². The molecule has 8 heteroatoms. The van der Waals surface area contributed by atoms with Gasteiger partial charge < -0.3 is 14.6 Å². The number of methoxy groups -OCH3 is 1. The third-order valence-corrected chi connectivity index (χ3v) is 2.83. The minimum Gasteiger partial charge on any atom is -0.384 e. The second-order valence-electron chi connectivity index (χ2n) is 4.83. The highest BCUT2D eigenvalue weighted by Gasteiger charge is 2.12. The summed E-state index contributed by atoms with van der Waals surface area (Å²) in [5.41, 5.74) is 0.503. The van der Waals surface area contributed by atoms with Crippen LogP contribution in [0.2, 0.25) is 0 Å². The van der Waals surface area contributed by atoms with Crippen molar-refractivity contribution in [2.75, 3.05) is 13.7 Å². The quantitative estimate of drug-likeness (QED) is 0.817. The van der Waals surface area contributed by atoms with Crippen molar-refractivity contribution in [1.29, 1.82) is 0 Å². The van der Waals surface area contributed by atoms with Gasteiger partial charge in [-0.3, -0.25) is 9.48 Å². The molecule has 2 heterocycles. The first-order chi connectivity index (χ1) is 10.1. The standard InChI is InChI=1S/C13H19N5O3/c1-9(2)18-8-10(6-15-18)13(19)14-7-12-16-11(17-21-12)4-5-20-3/h6,8-9H,4-5,7H2,1-3H3,(H,14,19). The lowest BCUT2D eigenvalue weighted by molar-refractivity contribution is 0.0946. The van der Waals surface area contributed by atoms with Crippen LogP contribution < -0.4 is 5.32 Å². The fourth-order valence-corrected chi connectivity index (χ4v) is 1.65. The Balaban J connectivity index is 1.86. The minimum absolute atomic E-state index is 0.186. The van der Waals surface area contributed by atoms with Crippen molar-refractivity contribution in [2.24, 2.45) is 0 Å². The van der Waals surface area contributed by atoms with Gasteiger partial charge in [0.05, 0.1) is 24.9 Å². The summed E-state index contributed by atoms with van der Waals surface area (Å²) in [7, 11) is 1.61. The number of hydrogen-bond acceptors (Lipinski definition) is 6. The van der Waals surface area contributed by atoms with Gasteiger partial charge >= 0.3 is 0 Å². The van der Waals surface area contributed by atoms with Crippen molar-refractivity contribution in [1.82, 2.24) is 25.2 Å². The second-order valence-corrected chi connectivity index (χ2v) is 4.83. The zero-order valence-electron chi connectivity index (χ0n) is 12.4. The normalized spacial score (nSPS) is 11.0. The van der Waals surface area contributed by atoms with Gasteiger partial charge in [-0.15, -0.1) is 0 Å². The van der Waals surface area contributed by atoms with Gasteiger partial charge in [-0.05, 0) is 13.8 Å². The van der Waals surface area contributed by atoms with E-state index in [9.17, 15) is 4.79 Å². The molecule has 0 aliphatic carbocycles. The molecule has 0 saturated heterocycles. The highest BCUT2D eigenvalue weighted by molar-refractivity contribution is 5.93. The number of carbonyl (C=O) groups excluding carboxylic acids is 1. The van der Waals surface area contributed by atoms with Gasteiger partial charge in [0.2, 0.25) is 5.89 Å². The van der Waals surface area contributed by atoms with E-state index in [2.05, 4.69) is 20.6 Å². The first-order valence-corrected chi connectivity index (χ1v) is 6.73. The molecule has 0 radical (unpaired) electrons. The maximum Gasteiger partial charge on any atom is 0.254 e. The molecule has 1 N–H and O–H groups in total. The van der Waals surface area contributed by atoms with E-state index < -0.39 is 0 Å². The van der Waals surface area contributed by atoms with Crippen LogP contribution in [-0.4, -0.2) is 39.5 Å². The number of ether oxygens (including phenoxy) is 1. The van der Waals surface area contributed by atoms with E-state index in [0.29, 0.717) is 30.3 Å². The van der Waals surface area contributed by atoms with Crippen molar-refractivity contribution >= 4 is 5.91 Å². The van der Waals surface area contributed by atoms with Gasteiger partial charge in [0.15, 0.2) is 5.82 Å². The number of aromatic nitrogens is 4. The van der Waals surface area contributed by atoms with Crippen molar-refractivity contribution in [3.63, 3.8) is 0 Å². The molecule has 1 amide bonds. The maximum absolute atomic E-state index is 12.0. The Kier molecular flexibility index (Phi) is 5.04. The highest BCUT2D eigenvalue weighted by atomic mass is 16.5. The second kappa shape index (κ2) is 6.98. The smallest absolute Gasteiger partial charge is 0.254 e. The van der Waals surface area contributed by atoms with E-state index in [1.54, 1.807) is 18.0 Å². The fourth-order valence-electron chi connectivity index (χ4n) is 1.65. The zero-order valence-corrected chi connectivity index (χ0v) is 12.4. The van der Waals surface area contributed by atoms with Crippen LogP contribution in [-0.2, 0) is 17.7 Å². The van der Waals surface area contributed by atoms with Crippen LogP contribution in [0.1, 0.15) is 42.0 Å². The summed E-state index contributed by atoms with van der Waals surface area (Å²) in [6.45, 7) is 4.70. The summed E-state index contributed by atoms with van der Waals surface area (Å²) in [6, 6.07) is 0.214. The Bertz CT molecular complexity index is 590. The summed E-state index contributed by atoms with van der Waals surface area (Å²) >= 11 is 0. The van der Waals surface area contributed by atoms with Crippen LogP contribution in [0.25, 0.3) is 0 Å². The average molecular weight is 293 g/mol. The molecule has 2 aromatic heterocycles. The molecule has 0 bridgehead atoms. The van der Waals surface area contributed by atoms with Gasteiger partial charge in [-0.25, -0.2) is 0 Å². The Morgan fingerprint density at radius 3 is 3.00 bits per heavy atom. The molecule has 8 nitrogen and oxygen atoms in total. The Morgan fingerprint density at radius 1 is 1.52 bits per heavy atom. The van der Waals surface area contributed by atoms with Crippen LogP contribution in [0, 0.1) is 0 Å². The summed E-state index contributed by atoms with van der Waals surface area (Å²) < 4.78 is 11.7. The molecule has 0 fully saturated rings. The molecule has 114 valence electrons. The molecule has 2 aromatic rings. The molecule has 0 unspecified atom stereocenters. The number of nitrogens with one attached hydrogen (secondary N) is 1. The lowest BCUT2D eigenvalue weighted by atomic mass is 10.3. The predicted octanol–water partition coefficient (Wildman–Crippen LogP) is 0.966. The maximum atomic E-state index is 12.0. The third kappa shape index (κ3) is 4.12. The number of amides is 1. The van der Waals surface area contributed by atoms with Gasteiger partial charge in [0.1, 0.15) is 0 Å². The molecule has 21 heavy (non-hydrogen) atoms. The van der Waals surface area contributed by atoms with E-state index >= 15 is 0 Å². The summed E-state index contributed by atoms with van der Waals surface area (Å²) in [6.07, 6.45) is 3.82. The summed E-state index contributed by atoms with van der Waals surface area (Å²) in [5.74, 6) is 0.706. The van der Waals surface area contributed by atoms with Crippen LogP contribution in [0.4, 0.5) is 0 Å². The first kappa shape index (κ1) is 15.2. The van der Waals surface area contributed by atoms with E-state index in [0.717, 1.165) is 0 Å². The molecule has 0 aliphatic heterocycles. The third-order valence-electron chi connectivity index (χ3n) is 2.83. The molecule has 0 atom stereocenters. The molecular formula is C13H19N5O3. The topological polar surface area (TPSA) is 95.1 Å². The van der Waals surface area contributed by atoms with E-state index in [-0.39, 0.29) is 18.5 Å². The zero-order chi connectivity index (χ0) is 15.2. The first-order valence-electron chi connectivity index (χ1n) is 6.73. The molecule has 0 spiro atoms. The van der Waals surface area contributed by atoms with Gasteiger partial charge in [-0.2, -0.15) is 10.1 Å². The number of hydrogen-bond donors (Lipinski definition) is 1. The van der Waals surface area contributed by atoms with Crippen LogP contribution in [0.3, 0.4) is 0 Å². The van der Waals surface area contributed by atoms with Crippen LogP contribution >= 0.6 is 0 Å². The SMILES string of the molecule is COCCc1noc(CNC(=O)c2cnn(C(C)C)c2)n1. The minimum atomic E-state index is -0.224. The van der Waals surface area contributed by atoms with Crippen molar-refractivity contribution < 1.29 is 14.1 Å². The van der Waals surface area contributed by atoms with E-state index in [4.69, 9.17) is 9.26 Å². The van der Waals surface area contributed by atoms with Crippen molar-refractivity contribution in [2.45, 2.75) is 32.9 Å². The average Bonchev–Trinajstić information content (AvgIpc) is 3.11. The molecule has 2 rings (SSSR count). The fraction of sp³-hybridized carbons (Fsp3) is 0.538.